The number of nitrogens with zero attached hydrogens (tertiary/aromatic N) is 1. The fraction of sp³-hybridized carbons (Fsp3) is 0.417. The van der Waals surface area contributed by atoms with E-state index in [0.29, 0.717) is 5.92 Å². The first-order valence-corrected chi connectivity index (χ1v) is 4.95. The van der Waals surface area contributed by atoms with Gasteiger partial charge in [0.15, 0.2) is 5.69 Å². The number of rotatable bonds is 1. The average molecular weight is 187 g/mol. The minimum absolute atomic E-state index is 0.628. The molecule has 0 radical (unpaired) electrons. The molecule has 1 saturated heterocycles. The zero-order valence-corrected chi connectivity index (χ0v) is 8.07. The molecule has 2 heteroatoms. The van der Waals surface area contributed by atoms with Gasteiger partial charge < -0.3 is 4.74 Å². The van der Waals surface area contributed by atoms with Crippen molar-refractivity contribution in [2.24, 2.45) is 0 Å². The molecule has 1 fully saturated rings. The van der Waals surface area contributed by atoms with Crippen LogP contribution in [0.25, 0.3) is 4.85 Å². The van der Waals surface area contributed by atoms with Crippen LogP contribution in [0.15, 0.2) is 24.3 Å². The van der Waals surface area contributed by atoms with Crippen molar-refractivity contribution in [2.75, 3.05) is 13.2 Å². The minimum atomic E-state index is 0.628. The monoisotopic (exact) mass is 187 g/mol. The second-order valence-electron chi connectivity index (χ2n) is 3.59. The molecule has 0 atom stereocenters. The minimum Gasteiger partial charge on any atom is -0.381 e. The molecule has 2 rings (SSSR count). The van der Waals surface area contributed by atoms with Crippen molar-refractivity contribution in [1.29, 1.82) is 0 Å². The molecular formula is C12H13NO. The van der Waals surface area contributed by atoms with Crippen molar-refractivity contribution in [2.45, 2.75) is 18.8 Å². The summed E-state index contributed by atoms with van der Waals surface area (Å²) in [6.45, 7) is 8.60. The molecule has 0 bridgehead atoms. The Kier molecular flexibility index (Phi) is 2.81. The predicted octanol–water partition coefficient (Wildman–Crippen LogP) is 3.13. The van der Waals surface area contributed by atoms with Gasteiger partial charge in [0.1, 0.15) is 0 Å². The van der Waals surface area contributed by atoms with Gasteiger partial charge in [-0.05, 0) is 24.3 Å². The molecule has 72 valence electrons. The van der Waals surface area contributed by atoms with Gasteiger partial charge >= 0.3 is 0 Å². The first-order chi connectivity index (χ1) is 6.90. The van der Waals surface area contributed by atoms with Gasteiger partial charge in [-0.3, -0.25) is 0 Å². The topological polar surface area (TPSA) is 13.6 Å². The van der Waals surface area contributed by atoms with Crippen LogP contribution in [-0.4, -0.2) is 13.2 Å². The Morgan fingerprint density at radius 3 is 2.36 bits per heavy atom. The van der Waals surface area contributed by atoms with Crippen molar-refractivity contribution in [1.82, 2.24) is 0 Å². The van der Waals surface area contributed by atoms with E-state index in [4.69, 9.17) is 11.3 Å². The third-order valence-electron chi connectivity index (χ3n) is 2.71. The molecule has 1 heterocycles. The number of hydrogen-bond donors (Lipinski definition) is 0. The quantitative estimate of drug-likeness (QED) is 0.616. The molecule has 14 heavy (non-hydrogen) atoms. The molecule has 0 aliphatic carbocycles. The summed E-state index contributed by atoms with van der Waals surface area (Å²) in [6.07, 6.45) is 2.22. The van der Waals surface area contributed by atoms with Gasteiger partial charge in [0.2, 0.25) is 0 Å². The summed E-state index contributed by atoms with van der Waals surface area (Å²) in [5.41, 5.74) is 2.07. The maximum absolute atomic E-state index is 6.86. The molecule has 1 aliphatic rings. The largest absolute Gasteiger partial charge is 0.381 e. The third-order valence-corrected chi connectivity index (χ3v) is 2.71. The summed E-state index contributed by atoms with van der Waals surface area (Å²) in [4.78, 5) is 3.38. The van der Waals surface area contributed by atoms with Crippen LogP contribution in [-0.2, 0) is 4.74 Å². The summed E-state index contributed by atoms with van der Waals surface area (Å²) in [6, 6.07) is 7.95. The van der Waals surface area contributed by atoms with E-state index in [9.17, 15) is 0 Å². The van der Waals surface area contributed by atoms with Crippen LogP contribution in [0.1, 0.15) is 24.3 Å². The van der Waals surface area contributed by atoms with Crippen molar-refractivity contribution in [3.63, 3.8) is 0 Å². The van der Waals surface area contributed by atoms with E-state index < -0.39 is 0 Å². The van der Waals surface area contributed by atoms with Crippen LogP contribution >= 0.6 is 0 Å². The molecule has 1 aliphatic heterocycles. The van der Waals surface area contributed by atoms with Crippen molar-refractivity contribution in [3.05, 3.63) is 41.2 Å². The molecule has 1 aromatic carbocycles. The molecule has 0 unspecified atom stereocenters. The van der Waals surface area contributed by atoms with Crippen molar-refractivity contribution < 1.29 is 4.74 Å². The number of ether oxygens (including phenoxy) is 1. The Morgan fingerprint density at radius 2 is 1.79 bits per heavy atom. The molecule has 1 aromatic rings. The molecule has 0 N–H and O–H groups in total. The van der Waals surface area contributed by atoms with Crippen LogP contribution in [0.3, 0.4) is 0 Å². The van der Waals surface area contributed by atoms with Gasteiger partial charge in [0, 0.05) is 13.2 Å². The van der Waals surface area contributed by atoms with Crippen LogP contribution in [0.4, 0.5) is 5.69 Å². The molecule has 0 spiro atoms. The van der Waals surface area contributed by atoms with Crippen LogP contribution < -0.4 is 0 Å². The van der Waals surface area contributed by atoms with E-state index in [1.807, 2.05) is 12.1 Å². The lowest BCUT2D eigenvalue weighted by molar-refractivity contribution is 0.0853. The molecule has 0 aromatic heterocycles. The second-order valence-corrected chi connectivity index (χ2v) is 3.59. The lowest BCUT2D eigenvalue weighted by atomic mass is 9.92. The van der Waals surface area contributed by atoms with Crippen LogP contribution in [0.2, 0.25) is 0 Å². The average Bonchev–Trinajstić information content (AvgIpc) is 2.30. The van der Waals surface area contributed by atoms with Gasteiger partial charge in [-0.2, -0.15) is 0 Å². The van der Waals surface area contributed by atoms with Gasteiger partial charge in [-0.25, -0.2) is 4.85 Å². The van der Waals surface area contributed by atoms with E-state index in [2.05, 4.69) is 17.0 Å². The van der Waals surface area contributed by atoms with E-state index in [1.54, 1.807) is 0 Å². The van der Waals surface area contributed by atoms with E-state index in [1.165, 1.54) is 5.56 Å². The Hall–Kier alpha value is -1.33. The first-order valence-electron chi connectivity index (χ1n) is 4.95. The van der Waals surface area contributed by atoms with Gasteiger partial charge in [-0.1, -0.05) is 24.3 Å². The summed E-state index contributed by atoms with van der Waals surface area (Å²) in [5.74, 6) is 0.628. The highest BCUT2D eigenvalue weighted by molar-refractivity contribution is 5.45. The molecule has 0 saturated carbocycles. The second kappa shape index (κ2) is 4.26. The fourth-order valence-corrected chi connectivity index (χ4v) is 1.85. The zero-order valence-electron chi connectivity index (χ0n) is 8.07. The first kappa shape index (κ1) is 9.23. The normalized spacial score (nSPS) is 17.6. The Morgan fingerprint density at radius 1 is 1.14 bits per heavy atom. The van der Waals surface area contributed by atoms with Crippen molar-refractivity contribution >= 4 is 5.69 Å². The number of benzene rings is 1. The van der Waals surface area contributed by atoms with Gasteiger partial charge in [0.05, 0.1) is 6.57 Å². The van der Waals surface area contributed by atoms with Crippen LogP contribution in [0, 0.1) is 6.57 Å². The van der Waals surface area contributed by atoms with Gasteiger partial charge in [-0.15, -0.1) is 0 Å². The smallest absolute Gasteiger partial charge is 0.187 e. The number of hydrogen-bond acceptors (Lipinski definition) is 1. The summed E-state index contributed by atoms with van der Waals surface area (Å²) < 4.78 is 5.32. The van der Waals surface area contributed by atoms with Gasteiger partial charge in [0.25, 0.3) is 0 Å². The third kappa shape index (κ3) is 1.94. The summed E-state index contributed by atoms with van der Waals surface area (Å²) in [5, 5.41) is 0. The summed E-state index contributed by atoms with van der Waals surface area (Å²) in [7, 11) is 0. The zero-order chi connectivity index (χ0) is 9.80. The highest BCUT2D eigenvalue weighted by Gasteiger charge is 2.15. The Bertz CT molecular complexity index is 330. The van der Waals surface area contributed by atoms with E-state index in [0.717, 1.165) is 31.7 Å². The maximum Gasteiger partial charge on any atom is 0.187 e. The maximum atomic E-state index is 6.86. The Balaban J connectivity index is 2.12. The van der Waals surface area contributed by atoms with E-state index >= 15 is 0 Å². The highest BCUT2D eigenvalue weighted by atomic mass is 16.5. The lowest BCUT2D eigenvalue weighted by Crippen LogP contribution is -2.13. The van der Waals surface area contributed by atoms with Crippen LogP contribution in [0.5, 0.6) is 0 Å². The predicted molar refractivity (Wildman–Crippen MR) is 55.5 cm³/mol. The van der Waals surface area contributed by atoms with E-state index in [-0.39, 0.29) is 0 Å². The SMILES string of the molecule is [C-]#[N+]c1ccc(C2CCOCC2)cc1. The fourth-order valence-electron chi connectivity index (χ4n) is 1.85. The lowest BCUT2D eigenvalue weighted by Gasteiger charge is -2.22. The molecular weight excluding hydrogens is 174 g/mol. The highest BCUT2D eigenvalue weighted by Crippen LogP contribution is 2.27. The van der Waals surface area contributed by atoms with Crippen molar-refractivity contribution in [3.8, 4) is 0 Å². The Labute approximate surface area is 84.3 Å². The molecule has 2 nitrogen and oxygen atoms in total. The standard InChI is InChI=1S/C12H13NO/c1-13-12-4-2-10(3-5-12)11-6-8-14-9-7-11/h2-5,11H,6-9H2. The summed E-state index contributed by atoms with van der Waals surface area (Å²) >= 11 is 0. The molecule has 0 amide bonds.